The number of nitrogens with two attached hydrogens (primary N) is 1. The average molecular weight is 1280 g/mol. The molecule has 3 N–H and O–H groups in total. The van der Waals surface area contributed by atoms with Gasteiger partial charge in [-0.15, -0.1) is 0 Å². The van der Waals surface area contributed by atoms with Crippen molar-refractivity contribution in [2.45, 2.75) is 63.5 Å². The molecule has 6 saturated carbocycles. The molecule has 20 nitrogen and oxygen atoms in total. The molecule has 4 bridgehead atoms. The number of rotatable bonds is 11. The molecular formula is C45H45Cs2F5N12O8S. The van der Waals surface area contributed by atoms with Crippen molar-refractivity contribution in [3.05, 3.63) is 107 Å². The van der Waals surface area contributed by atoms with Crippen molar-refractivity contribution < 1.29 is 200 Å². The Labute approximate surface area is 536 Å². The van der Waals surface area contributed by atoms with E-state index in [1.54, 1.807) is 18.5 Å². The zero-order chi connectivity index (χ0) is 52.5. The summed E-state index contributed by atoms with van der Waals surface area (Å²) in [6.45, 7) is 0.564. The van der Waals surface area contributed by atoms with Gasteiger partial charge in [0, 0.05) is 56.1 Å². The van der Waals surface area contributed by atoms with Gasteiger partial charge in [-0.1, -0.05) is 0 Å². The van der Waals surface area contributed by atoms with E-state index in [9.17, 15) is 40.0 Å². The third kappa shape index (κ3) is 14.9. The van der Waals surface area contributed by atoms with Crippen LogP contribution in [0.1, 0.15) is 88.8 Å². The summed E-state index contributed by atoms with van der Waals surface area (Å²) in [5.41, 5.74) is 5.36. The predicted molar refractivity (Wildman–Crippen MR) is 238 cm³/mol. The molecule has 0 saturated heterocycles. The molecule has 4 heterocycles. The van der Waals surface area contributed by atoms with Gasteiger partial charge >= 0.3 is 138 Å². The van der Waals surface area contributed by atoms with Crippen molar-refractivity contribution in [1.29, 1.82) is 10.5 Å². The fraction of sp³-hybridized carbons (Fsp3) is 0.400. The van der Waals surface area contributed by atoms with E-state index in [2.05, 4.69) is 40.3 Å². The third-order valence-electron chi connectivity index (χ3n) is 12.7. The molecule has 0 radical (unpaired) electrons. The summed E-state index contributed by atoms with van der Waals surface area (Å²) >= 11 is 0. The number of nitrogens with one attached hydrogen (secondary N) is 1. The van der Waals surface area contributed by atoms with Crippen LogP contribution in [-0.2, 0) is 33.6 Å². The summed E-state index contributed by atoms with van der Waals surface area (Å²) in [5.74, 6) is -2.06. The number of alkyl halides is 1. The molecule has 2 atom stereocenters. The molecule has 376 valence electrons. The summed E-state index contributed by atoms with van der Waals surface area (Å²) in [6.07, 6.45) is 11.5. The molecular weight excluding hydrogens is 1230 g/mol. The maximum atomic E-state index is 13.6. The number of hydrazone groups is 2. The van der Waals surface area contributed by atoms with Crippen molar-refractivity contribution in [3.8, 4) is 12.1 Å². The van der Waals surface area contributed by atoms with Gasteiger partial charge in [-0.25, -0.2) is 47.5 Å². The number of nitrogens with zero attached hydrogens (tertiary/aromatic N) is 10. The van der Waals surface area contributed by atoms with E-state index in [1.165, 1.54) is 53.0 Å². The molecule has 2 aromatic heterocycles. The quantitative estimate of drug-likeness (QED) is 0.0575. The zero-order valence-electron chi connectivity index (χ0n) is 41.6. The monoisotopic (exact) mass is 1280 g/mol. The van der Waals surface area contributed by atoms with Crippen LogP contribution in [0.25, 0.3) is 0 Å². The number of nitrogen functional groups attached to an aromatic ring is 1. The Morgan fingerprint density at radius 2 is 1.22 bits per heavy atom. The minimum Gasteiger partial charge on any atom is -1.00 e. The topological polar surface area (TPSA) is 295 Å². The molecule has 6 fully saturated rings. The molecule has 8 aliphatic rings. The van der Waals surface area contributed by atoms with Crippen molar-refractivity contribution in [2.24, 2.45) is 31.9 Å². The summed E-state index contributed by atoms with van der Waals surface area (Å²) in [7, 11) is -4.51. The number of carbonyl (C=O) groups excluding carboxylic acids is 3. The number of carbonyl (C=O) groups is 3. The number of amides is 2. The molecule has 2 aromatic carbocycles. The maximum absolute atomic E-state index is 13.6. The van der Waals surface area contributed by atoms with E-state index in [4.69, 9.17) is 31.9 Å². The first kappa shape index (κ1) is 60.4. The fourth-order valence-electron chi connectivity index (χ4n) is 10.0. The van der Waals surface area contributed by atoms with E-state index in [1.807, 2.05) is 12.1 Å². The van der Waals surface area contributed by atoms with Gasteiger partial charge in [-0.3, -0.25) is 23.0 Å². The van der Waals surface area contributed by atoms with Crippen LogP contribution in [-0.4, -0.2) is 95.6 Å². The molecule has 12 rings (SSSR count). The van der Waals surface area contributed by atoms with Crippen LogP contribution >= 0.6 is 0 Å². The van der Waals surface area contributed by atoms with Crippen molar-refractivity contribution in [2.75, 3.05) is 37.6 Å². The molecule has 2 amide bonds. The molecule has 73 heavy (non-hydrogen) atoms. The minimum atomic E-state index is -3.51. The number of hydrogen-bond acceptors (Lipinski definition) is 18. The number of hydrogen-bond donors (Lipinski definition) is 2. The van der Waals surface area contributed by atoms with E-state index in [-0.39, 0.29) is 175 Å². The fourth-order valence-corrected chi connectivity index (χ4v) is 10.5. The Morgan fingerprint density at radius 3 is 1.60 bits per heavy atom. The second-order valence-electron chi connectivity index (χ2n) is 17.8. The minimum absolute atomic E-state index is 0. The SMILES string of the molecule is CS(=O)(=O)OCC12CC(C(=O)N3N=CCC3c3cc(F)cc(F)c3)(C1)C2.N#Cc1cc(N)ncn1.N#Cc1cc(NCC23CC(C(=O)N4N=CCC4c4cc(F)cc(F)c4)(C2)C3)ncn1.O=CO[O-].[2H]CF.[Cs+].[Cs+].[H-]. The Kier molecular flexibility index (Phi) is 22.0. The first-order valence-electron chi connectivity index (χ1n) is 21.9. The van der Waals surface area contributed by atoms with Gasteiger partial charge in [-0.2, -0.15) is 29.1 Å². The molecule has 28 heteroatoms. The van der Waals surface area contributed by atoms with Crippen LogP contribution < -0.4 is 154 Å². The number of halogens is 5. The molecule has 2 unspecified atom stereocenters. The largest absolute Gasteiger partial charge is 1.00 e. The van der Waals surface area contributed by atoms with Crippen LogP contribution in [0, 0.1) is 67.6 Å². The van der Waals surface area contributed by atoms with Gasteiger partial charge in [-0.05, 0) is 84.7 Å². The van der Waals surface area contributed by atoms with E-state index < -0.39 is 63.5 Å². The summed E-state index contributed by atoms with van der Waals surface area (Å²) < 4.78 is 96.9. The summed E-state index contributed by atoms with van der Waals surface area (Å²) in [6, 6.07) is 12.4. The summed E-state index contributed by atoms with van der Waals surface area (Å²) in [4.78, 5) is 52.6. The van der Waals surface area contributed by atoms with Crippen LogP contribution in [0.2, 0.25) is 0 Å². The molecule has 0 spiro atoms. The predicted octanol–water partition coefficient (Wildman–Crippen LogP) is -1.39. The van der Waals surface area contributed by atoms with E-state index >= 15 is 0 Å². The Morgan fingerprint density at radius 1 is 0.808 bits per heavy atom. The Hall–Kier alpha value is -3.45. The normalized spacial score (nSPS) is 24.8. The Balaban J connectivity index is 0.000000299. The van der Waals surface area contributed by atoms with Crippen molar-refractivity contribution >= 4 is 52.5 Å². The van der Waals surface area contributed by atoms with Gasteiger partial charge in [0.2, 0.25) is 11.8 Å². The molecule has 2 aliphatic heterocycles. The van der Waals surface area contributed by atoms with Crippen molar-refractivity contribution in [3.63, 3.8) is 0 Å². The second-order valence-corrected chi connectivity index (χ2v) is 19.4. The number of anilines is 2. The van der Waals surface area contributed by atoms with Crippen LogP contribution in [0.5, 0.6) is 0 Å². The van der Waals surface area contributed by atoms with Gasteiger partial charge in [0.25, 0.3) is 16.6 Å². The average Bonchev–Trinajstić information content (AvgIpc) is 3.99. The van der Waals surface area contributed by atoms with Crippen molar-refractivity contribution in [1.82, 2.24) is 30.0 Å². The maximum Gasteiger partial charge on any atom is 1.00 e. The van der Waals surface area contributed by atoms with Gasteiger partial charge in [0.05, 0.1) is 44.3 Å². The van der Waals surface area contributed by atoms with Crippen LogP contribution in [0.4, 0.5) is 33.6 Å². The second kappa shape index (κ2) is 26.5. The van der Waals surface area contributed by atoms with Gasteiger partial charge in [0.1, 0.15) is 71.1 Å². The van der Waals surface area contributed by atoms with Gasteiger partial charge in [0.15, 0.2) is 0 Å². The van der Waals surface area contributed by atoms with Crippen LogP contribution in [0.15, 0.2) is 71.4 Å². The van der Waals surface area contributed by atoms with Crippen LogP contribution in [0.3, 0.4) is 0 Å². The molecule has 4 aromatic rings. The zero-order valence-corrected chi connectivity index (χ0v) is 52.9. The Bertz CT molecular complexity index is 2890. The number of aromatic nitrogens is 4. The first-order chi connectivity index (χ1) is 34.2. The van der Waals surface area contributed by atoms with E-state index in [0.29, 0.717) is 72.8 Å². The number of nitriles is 2. The molecule has 6 aliphatic carbocycles. The van der Waals surface area contributed by atoms with Gasteiger partial charge < -0.3 is 22.6 Å². The summed E-state index contributed by atoms with van der Waals surface area (Å²) in [5, 5.41) is 39.9. The smallest absolute Gasteiger partial charge is 1.00 e. The third-order valence-corrected chi connectivity index (χ3v) is 13.2. The van der Waals surface area contributed by atoms with E-state index in [0.717, 1.165) is 37.7 Å². The number of benzene rings is 2. The standard InChI is InChI=1S/C21H18F2N6O.C17H18F2N2O4S.C5H4N4.CH3F.CH2O3.2Cs.H/c22-14-3-13(4-15(23)5-14)17-1-2-28-29(17)19(30)21-8-20(9-21,10-21)11-25-18-6-16(7-24)26-12-27-18;1-26(23,24)25-10-16-7-17(8-16,9-16)15(22)21-14(2-3-20-21)11-4-12(18)6-13(19)5-11;6-2-4-1-5(7)9-3-8-4;1-2;2-1-4-3;;;/h2-6,12,17H,1,8-11H2,(H,25,26,27);3-6,14H,2,7-10H2,1H3;1,3H,(H2,7,8,9);1H3;1,3H;;;/q;;;;;2*+1;-1/p-1/i;;;1D;;;;. The first-order valence-corrected chi connectivity index (χ1v) is 23.0.